The van der Waals surface area contributed by atoms with Crippen molar-refractivity contribution >= 4 is 21.5 Å². The van der Waals surface area contributed by atoms with Crippen molar-refractivity contribution in [2.75, 3.05) is 6.54 Å². The summed E-state index contributed by atoms with van der Waals surface area (Å²) < 4.78 is 0. The van der Waals surface area contributed by atoms with E-state index < -0.39 is 0 Å². The first-order valence-electron chi connectivity index (χ1n) is 13.4. The van der Waals surface area contributed by atoms with Gasteiger partial charge < -0.3 is 5.32 Å². The lowest BCUT2D eigenvalue weighted by Crippen LogP contribution is -2.32. The molecule has 1 saturated carbocycles. The molecule has 1 nitrogen and oxygen atoms in total. The summed E-state index contributed by atoms with van der Waals surface area (Å²) in [5.74, 6) is 1.17. The molecule has 2 atom stereocenters. The highest BCUT2D eigenvalue weighted by molar-refractivity contribution is 6.10. The number of benzene rings is 4. The van der Waals surface area contributed by atoms with Crippen molar-refractivity contribution in [2.45, 2.75) is 64.8 Å². The summed E-state index contributed by atoms with van der Waals surface area (Å²) in [5.41, 5.74) is 6.25. The van der Waals surface area contributed by atoms with E-state index in [9.17, 15) is 0 Å². The van der Waals surface area contributed by atoms with Gasteiger partial charge in [0, 0.05) is 12.0 Å². The van der Waals surface area contributed by atoms with Crippen molar-refractivity contribution in [3.05, 3.63) is 83.9 Å². The lowest BCUT2D eigenvalue weighted by molar-refractivity contribution is 0.186. The van der Waals surface area contributed by atoms with Crippen LogP contribution in [-0.2, 0) is 0 Å². The Balaban J connectivity index is 1.49. The number of rotatable bonds is 6. The average Bonchev–Trinajstić information content (AvgIpc) is 3.48. The maximum Gasteiger partial charge on any atom is 0.0156 e. The first-order chi connectivity index (χ1) is 16.6. The van der Waals surface area contributed by atoms with Crippen LogP contribution in [0.3, 0.4) is 0 Å². The number of nitrogens with one attached hydrogen (secondary N) is 1. The van der Waals surface area contributed by atoms with E-state index in [1.54, 1.807) is 0 Å². The van der Waals surface area contributed by atoms with E-state index in [2.05, 4.69) is 98.9 Å². The molecule has 0 spiro atoms. The van der Waals surface area contributed by atoms with Crippen molar-refractivity contribution in [3.63, 3.8) is 0 Å². The molecular weight excluding hydrogens is 410 g/mol. The zero-order valence-electron chi connectivity index (χ0n) is 20.9. The minimum Gasteiger partial charge on any atom is -0.314 e. The molecule has 0 aliphatic heterocycles. The van der Waals surface area contributed by atoms with Gasteiger partial charge in [-0.15, -0.1) is 0 Å². The maximum absolute atomic E-state index is 3.86. The van der Waals surface area contributed by atoms with Gasteiger partial charge in [0.2, 0.25) is 0 Å². The molecule has 0 heterocycles. The Morgan fingerprint density at radius 2 is 1.35 bits per heavy atom. The summed E-state index contributed by atoms with van der Waals surface area (Å²) in [5, 5.41) is 9.36. The van der Waals surface area contributed by atoms with Gasteiger partial charge in [0.05, 0.1) is 0 Å². The highest BCUT2D eigenvalue weighted by Crippen LogP contribution is 2.60. The molecule has 4 aromatic rings. The molecule has 0 radical (unpaired) electrons. The van der Waals surface area contributed by atoms with E-state index in [4.69, 9.17) is 0 Å². The van der Waals surface area contributed by atoms with E-state index in [1.807, 2.05) is 0 Å². The third-order valence-electron chi connectivity index (χ3n) is 8.99. The maximum atomic E-state index is 3.86. The fraction of sp³-hybridized carbons (Fsp3) is 0.394. The van der Waals surface area contributed by atoms with Crippen LogP contribution in [0.5, 0.6) is 0 Å². The van der Waals surface area contributed by atoms with E-state index in [0.29, 0.717) is 12.0 Å². The number of fused-ring (bicyclic) bond motifs is 7. The summed E-state index contributed by atoms with van der Waals surface area (Å²) in [6, 6.07) is 28.2. The van der Waals surface area contributed by atoms with Gasteiger partial charge in [-0.2, -0.15) is 0 Å². The lowest BCUT2D eigenvalue weighted by atomic mass is 9.65. The molecule has 174 valence electrons. The molecule has 0 aromatic heterocycles. The van der Waals surface area contributed by atoms with Gasteiger partial charge in [-0.3, -0.25) is 0 Å². The van der Waals surface area contributed by atoms with E-state index in [-0.39, 0.29) is 5.41 Å². The Labute approximate surface area is 204 Å². The van der Waals surface area contributed by atoms with Crippen LogP contribution in [0, 0.1) is 11.3 Å². The summed E-state index contributed by atoms with van der Waals surface area (Å²) in [6.07, 6.45) is 6.51. The molecule has 0 bridgehead atoms. The van der Waals surface area contributed by atoms with E-state index >= 15 is 0 Å². The molecule has 34 heavy (non-hydrogen) atoms. The third-order valence-corrected chi connectivity index (χ3v) is 8.99. The number of hydrogen-bond donors (Lipinski definition) is 1. The minimum absolute atomic E-state index is 0.200. The molecule has 0 amide bonds. The lowest BCUT2D eigenvalue weighted by Gasteiger charge is -2.39. The van der Waals surface area contributed by atoms with Crippen LogP contribution < -0.4 is 5.32 Å². The van der Waals surface area contributed by atoms with Crippen molar-refractivity contribution < 1.29 is 0 Å². The van der Waals surface area contributed by atoms with Gasteiger partial charge in [0.1, 0.15) is 0 Å². The first kappa shape index (κ1) is 21.9. The normalized spacial score (nSPS) is 20.2. The van der Waals surface area contributed by atoms with E-state index in [0.717, 1.165) is 5.92 Å². The number of unbranched alkanes of at least 4 members (excludes halogenated alkanes) is 1. The van der Waals surface area contributed by atoms with Crippen LogP contribution in [0.15, 0.2) is 72.8 Å². The standard InChI is InChI=1S/C33H37N/c1-4-5-20-34-25-17-16-24(21-25)33(2,3)32-28-18-14-22-10-6-8-12-26(22)30(28)31-27-13-9-7-11-23(27)15-19-29(31)32/h6-15,18-19,24-25,32,34H,4-5,16-17,20-21H2,1-3H3. The number of hydrogen-bond acceptors (Lipinski definition) is 1. The highest BCUT2D eigenvalue weighted by atomic mass is 14.9. The molecule has 6 rings (SSSR count). The topological polar surface area (TPSA) is 12.0 Å². The second-order valence-electron chi connectivity index (χ2n) is 11.3. The Morgan fingerprint density at radius 3 is 1.94 bits per heavy atom. The molecule has 4 aromatic carbocycles. The zero-order chi connectivity index (χ0) is 23.3. The molecule has 2 aliphatic rings. The predicted octanol–water partition coefficient (Wildman–Crippen LogP) is 8.69. The zero-order valence-corrected chi connectivity index (χ0v) is 20.9. The van der Waals surface area contributed by atoms with Gasteiger partial charge in [-0.05, 0) is 87.4 Å². The van der Waals surface area contributed by atoms with Gasteiger partial charge >= 0.3 is 0 Å². The second kappa shape index (κ2) is 8.54. The molecule has 1 fully saturated rings. The quantitative estimate of drug-likeness (QED) is 0.291. The average molecular weight is 448 g/mol. The summed E-state index contributed by atoms with van der Waals surface area (Å²) in [7, 11) is 0. The van der Waals surface area contributed by atoms with Crippen LogP contribution in [0.25, 0.3) is 32.7 Å². The fourth-order valence-electron chi connectivity index (χ4n) is 7.15. The third kappa shape index (κ3) is 3.40. The van der Waals surface area contributed by atoms with Crippen LogP contribution in [0.4, 0.5) is 0 Å². The predicted molar refractivity (Wildman–Crippen MR) is 147 cm³/mol. The van der Waals surface area contributed by atoms with Crippen molar-refractivity contribution in [1.29, 1.82) is 0 Å². The van der Waals surface area contributed by atoms with Crippen molar-refractivity contribution in [3.8, 4) is 11.1 Å². The van der Waals surface area contributed by atoms with Crippen molar-refractivity contribution in [2.24, 2.45) is 11.3 Å². The summed E-state index contributed by atoms with van der Waals surface area (Å²) >= 11 is 0. The molecule has 0 saturated heterocycles. The van der Waals surface area contributed by atoms with Crippen LogP contribution in [0.2, 0.25) is 0 Å². The highest BCUT2D eigenvalue weighted by Gasteiger charge is 2.46. The van der Waals surface area contributed by atoms with E-state index in [1.165, 1.54) is 82.4 Å². The van der Waals surface area contributed by atoms with Gasteiger partial charge in [0.25, 0.3) is 0 Å². The largest absolute Gasteiger partial charge is 0.314 e. The van der Waals surface area contributed by atoms with Crippen LogP contribution >= 0.6 is 0 Å². The van der Waals surface area contributed by atoms with Gasteiger partial charge in [-0.25, -0.2) is 0 Å². The Hall–Kier alpha value is -2.64. The molecule has 1 N–H and O–H groups in total. The Bertz CT molecular complexity index is 1260. The van der Waals surface area contributed by atoms with Gasteiger partial charge in [-0.1, -0.05) is 100.0 Å². The fourth-order valence-corrected chi connectivity index (χ4v) is 7.15. The first-order valence-corrected chi connectivity index (χ1v) is 13.4. The monoisotopic (exact) mass is 447 g/mol. The molecule has 2 unspecified atom stereocenters. The second-order valence-corrected chi connectivity index (χ2v) is 11.3. The molecule has 1 heteroatoms. The van der Waals surface area contributed by atoms with Crippen LogP contribution in [0.1, 0.15) is 69.9 Å². The summed E-state index contributed by atoms with van der Waals surface area (Å²) in [6.45, 7) is 8.56. The van der Waals surface area contributed by atoms with Crippen LogP contribution in [-0.4, -0.2) is 12.6 Å². The Morgan fingerprint density at radius 1 is 0.765 bits per heavy atom. The minimum atomic E-state index is 0.200. The molecule has 2 aliphatic carbocycles. The Kier molecular flexibility index (Phi) is 5.49. The van der Waals surface area contributed by atoms with Gasteiger partial charge in [0.15, 0.2) is 0 Å². The molecular formula is C33H37N. The smallest absolute Gasteiger partial charge is 0.0156 e. The van der Waals surface area contributed by atoms with Crippen molar-refractivity contribution in [1.82, 2.24) is 5.32 Å². The summed E-state index contributed by atoms with van der Waals surface area (Å²) in [4.78, 5) is 0. The SMILES string of the molecule is CCCCNC1CCC(C(C)(C)C2c3ccc4ccccc4c3-c3c2ccc2ccccc32)C1.